The van der Waals surface area contributed by atoms with E-state index in [9.17, 15) is 4.79 Å². The number of aromatic nitrogens is 2. The number of hydrogen-bond acceptors (Lipinski definition) is 3. The van der Waals surface area contributed by atoms with Crippen LogP contribution in [0.4, 0.5) is 0 Å². The molecule has 2 rings (SSSR count). The Morgan fingerprint density at radius 2 is 1.95 bits per heavy atom. The first-order valence-electron chi connectivity index (χ1n) is 7.27. The third-order valence-corrected chi connectivity index (χ3v) is 3.99. The van der Waals surface area contributed by atoms with E-state index in [0.717, 1.165) is 18.5 Å². The monoisotopic (exact) mass is 286 g/mol. The van der Waals surface area contributed by atoms with E-state index in [0.29, 0.717) is 12.1 Å². The van der Waals surface area contributed by atoms with Crippen LogP contribution in [0.15, 0.2) is 42.7 Å². The molecule has 0 fully saturated rings. The molecular formula is C16H22N4O. The summed E-state index contributed by atoms with van der Waals surface area (Å²) in [6.45, 7) is 4.49. The number of para-hydroxylation sites is 1. The predicted octanol–water partition coefficient (Wildman–Crippen LogP) is 2.12. The lowest BCUT2D eigenvalue weighted by molar-refractivity contribution is 0.0895. The minimum atomic E-state index is -0.341. The number of nitrogens with one attached hydrogen (secondary N) is 1. The zero-order valence-corrected chi connectivity index (χ0v) is 12.5. The van der Waals surface area contributed by atoms with Gasteiger partial charge in [-0.05, 0) is 25.0 Å². The maximum absolute atomic E-state index is 12.4. The predicted molar refractivity (Wildman–Crippen MR) is 83.4 cm³/mol. The fourth-order valence-corrected chi connectivity index (χ4v) is 2.24. The van der Waals surface area contributed by atoms with Gasteiger partial charge in [0.05, 0.1) is 23.0 Å². The molecule has 1 heterocycles. The molecular weight excluding hydrogens is 264 g/mol. The molecule has 0 bridgehead atoms. The molecule has 0 radical (unpaired) electrons. The van der Waals surface area contributed by atoms with Crippen molar-refractivity contribution in [3.05, 3.63) is 48.3 Å². The van der Waals surface area contributed by atoms with Crippen molar-refractivity contribution in [2.75, 3.05) is 6.54 Å². The molecule has 2 aromatic rings. The van der Waals surface area contributed by atoms with Gasteiger partial charge in [-0.2, -0.15) is 5.10 Å². The highest BCUT2D eigenvalue weighted by Crippen LogP contribution is 2.15. The van der Waals surface area contributed by atoms with Crippen LogP contribution in [0.2, 0.25) is 0 Å². The Morgan fingerprint density at radius 3 is 2.52 bits per heavy atom. The molecule has 0 atom stereocenters. The van der Waals surface area contributed by atoms with Crippen molar-refractivity contribution in [2.24, 2.45) is 5.73 Å². The third kappa shape index (κ3) is 3.31. The number of rotatable bonds is 6. The molecule has 1 aromatic heterocycles. The van der Waals surface area contributed by atoms with E-state index in [1.54, 1.807) is 17.1 Å². The summed E-state index contributed by atoms with van der Waals surface area (Å²) in [5.41, 5.74) is 6.94. The van der Waals surface area contributed by atoms with Gasteiger partial charge in [0.25, 0.3) is 5.91 Å². The van der Waals surface area contributed by atoms with Crippen LogP contribution in [0.25, 0.3) is 5.69 Å². The first-order chi connectivity index (χ1) is 10.1. The van der Waals surface area contributed by atoms with Crippen molar-refractivity contribution in [1.82, 2.24) is 15.1 Å². The van der Waals surface area contributed by atoms with E-state index >= 15 is 0 Å². The number of benzene rings is 1. The minimum absolute atomic E-state index is 0.133. The van der Waals surface area contributed by atoms with Crippen LogP contribution in [-0.2, 0) is 0 Å². The summed E-state index contributed by atoms with van der Waals surface area (Å²) in [6, 6.07) is 9.70. The van der Waals surface area contributed by atoms with Gasteiger partial charge in [0.15, 0.2) is 0 Å². The van der Waals surface area contributed by atoms with Crippen molar-refractivity contribution in [2.45, 2.75) is 32.2 Å². The molecule has 1 aromatic carbocycles. The summed E-state index contributed by atoms with van der Waals surface area (Å²) >= 11 is 0. The highest BCUT2D eigenvalue weighted by Gasteiger charge is 2.27. The molecule has 0 saturated heterocycles. The fraction of sp³-hybridized carbons (Fsp3) is 0.375. The molecule has 3 N–H and O–H groups in total. The van der Waals surface area contributed by atoms with E-state index < -0.39 is 0 Å². The van der Waals surface area contributed by atoms with Crippen LogP contribution < -0.4 is 11.1 Å². The van der Waals surface area contributed by atoms with Gasteiger partial charge in [0, 0.05) is 12.7 Å². The van der Waals surface area contributed by atoms with E-state index in [1.807, 2.05) is 44.2 Å². The van der Waals surface area contributed by atoms with Crippen molar-refractivity contribution < 1.29 is 4.79 Å². The number of carbonyl (C=O) groups excluding carboxylic acids is 1. The van der Waals surface area contributed by atoms with Gasteiger partial charge < -0.3 is 11.1 Å². The Kier molecular flexibility index (Phi) is 4.75. The van der Waals surface area contributed by atoms with Crippen LogP contribution in [0.3, 0.4) is 0 Å². The quantitative estimate of drug-likeness (QED) is 0.854. The molecule has 112 valence electrons. The SMILES string of the molecule is CCC(CC)(CN)NC(=O)c1cnn(-c2ccccc2)c1. The van der Waals surface area contributed by atoms with Crippen LogP contribution in [0.5, 0.6) is 0 Å². The lowest BCUT2D eigenvalue weighted by Crippen LogP contribution is -2.52. The van der Waals surface area contributed by atoms with Gasteiger partial charge in [-0.25, -0.2) is 4.68 Å². The van der Waals surface area contributed by atoms with Gasteiger partial charge in [0.1, 0.15) is 0 Å². The first kappa shape index (κ1) is 15.3. The molecule has 1 amide bonds. The second-order valence-corrected chi connectivity index (χ2v) is 5.15. The van der Waals surface area contributed by atoms with E-state index in [1.165, 1.54) is 0 Å². The van der Waals surface area contributed by atoms with Crippen molar-refractivity contribution in [1.29, 1.82) is 0 Å². The summed E-state index contributed by atoms with van der Waals surface area (Å²) < 4.78 is 1.69. The second kappa shape index (κ2) is 6.54. The zero-order valence-electron chi connectivity index (χ0n) is 12.5. The normalized spacial score (nSPS) is 11.4. The van der Waals surface area contributed by atoms with Gasteiger partial charge in [-0.3, -0.25) is 4.79 Å². The van der Waals surface area contributed by atoms with E-state index in [4.69, 9.17) is 5.73 Å². The van der Waals surface area contributed by atoms with Crippen LogP contribution in [0.1, 0.15) is 37.0 Å². The molecule has 0 aliphatic rings. The maximum Gasteiger partial charge on any atom is 0.254 e. The summed E-state index contributed by atoms with van der Waals surface area (Å²) in [6.07, 6.45) is 4.92. The number of amides is 1. The number of nitrogens with two attached hydrogens (primary N) is 1. The number of hydrogen-bond donors (Lipinski definition) is 2. The lowest BCUT2D eigenvalue weighted by Gasteiger charge is -2.31. The molecule has 0 spiro atoms. The van der Waals surface area contributed by atoms with Crippen LogP contribution >= 0.6 is 0 Å². The Labute approximate surface area is 125 Å². The molecule has 0 unspecified atom stereocenters. The third-order valence-electron chi connectivity index (χ3n) is 3.99. The number of carbonyl (C=O) groups is 1. The smallest absolute Gasteiger partial charge is 0.254 e. The molecule has 5 heteroatoms. The minimum Gasteiger partial charge on any atom is -0.345 e. The molecule has 0 aliphatic heterocycles. The van der Waals surface area contributed by atoms with Crippen LogP contribution in [-0.4, -0.2) is 27.8 Å². The summed E-state index contributed by atoms with van der Waals surface area (Å²) in [5, 5.41) is 7.28. The fourth-order valence-electron chi connectivity index (χ4n) is 2.24. The summed E-state index contributed by atoms with van der Waals surface area (Å²) in [4.78, 5) is 12.4. The number of nitrogens with zero attached hydrogens (tertiary/aromatic N) is 2. The first-order valence-corrected chi connectivity index (χ1v) is 7.27. The Balaban J connectivity index is 2.16. The Morgan fingerprint density at radius 1 is 1.29 bits per heavy atom. The summed E-state index contributed by atoms with van der Waals surface area (Å²) in [7, 11) is 0. The van der Waals surface area contributed by atoms with E-state index in [2.05, 4.69) is 10.4 Å². The Bertz CT molecular complexity index is 579. The van der Waals surface area contributed by atoms with Gasteiger partial charge in [-0.1, -0.05) is 32.0 Å². The maximum atomic E-state index is 12.4. The van der Waals surface area contributed by atoms with Gasteiger partial charge in [-0.15, -0.1) is 0 Å². The topological polar surface area (TPSA) is 72.9 Å². The summed E-state index contributed by atoms with van der Waals surface area (Å²) in [5.74, 6) is -0.133. The van der Waals surface area contributed by atoms with Crippen LogP contribution in [0, 0.1) is 0 Å². The van der Waals surface area contributed by atoms with Crippen molar-refractivity contribution >= 4 is 5.91 Å². The highest BCUT2D eigenvalue weighted by molar-refractivity contribution is 5.94. The largest absolute Gasteiger partial charge is 0.345 e. The second-order valence-electron chi connectivity index (χ2n) is 5.15. The highest BCUT2D eigenvalue weighted by atomic mass is 16.1. The molecule has 21 heavy (non-hydrogen) atoms. The average molecular weight is 286 g/mol. The van der Waals surface area contributed by atoms with Gasteiger partial charge in [0.2, 0.25) is 0 Å². The van der Waals surface area contributed by atoms with E-state index in [-0.39, 0.29) is 11.4 Å². The van der Waals surface area contributed by atoms with Gasteiger partial charge >= 0.3 is 0 Å². The van der Waals surface area contributed by atoms with Crippen molar-refractivity contribution in [3.8, 4) is 5.69 Å². The molecule has 5 nitrogen and oxygen atoms in total. The molecule has 0 saturated carbocycles. The Hall–Kier alpha value is -2.14. The standard InChI is InChI=1S/C16H22N4O/c1-3-16(4-2,12-17)19-15(21)13-10-18-20(11-13)14-8-6-5-7-9-14/h5-11H,3-4,12,17H2,1-2H3,(H,19,21). The zero-order chi connectivity index (χ0) is 15.3. The molecule has 0 aliphatic carbocycles. The average Bonchev–Trinajstić information content (AvgIpc) is 3.04. The van der Waals surface area contributed by atoms with Crippen molar-refractivity contribution in [3.63, 3.8) is 0 Å². The lowest BCUT2D eigenvalue weighted by atomic mass is 9.92.